The first-order chi connectivity index (χ1) is 10.3. The molecule has 0 aliphatic rings. The molecule has 0 aliphatic carbocycles. The predicted molar refractivity (Wildman–Crippen MR) is 89.7 cm³/mol. The van der Waals surface area contributed by atoms with Crippen LogP contribution < -0.4 is 5.32 Å². The van der Waals surface area contributed by atoms with Gasteiger partial charge >= 0.3 is 0 Å². The van der Waals surface area contributed by atoms with Gasteiger partial charge < -0.3 is 9.88 Å². The van der Waals surface area contributed by atoms with Gasteiger partial charge in [0.2, 0.25) is 0 Å². The van der Waals surface area contributed by atoms with Crippen molar-refractivity contribution in [2.24, 2.45) is 0 Å². The molecule has 0 fully saturated rings. The molecule has 108 valence electrons. The number of rotatable bonds is 5. The molecule has 1 atom stereocenters. The average Bonchev–Trinajstić information content (AvgIpc) is 2.86. The van der Waals surface area contributed by atoms with Crippen LogP contribution in [0.25, 0.3) is 10.9 Å². The number of hydrogen-bond donors (Lipinski definition) is 1. The number of hydrogen-bond acceptors (Lipinski definition) is 1. The Hall–Kier alpha value is -2.06. The maximum Gasteiger partial charge on any atom is 0.0486 e. The van der Waals surface area contributed by atoms with Crippen LogP contribution in [-0.4, -0.2) is 17.7 Å². The summed E-state index contributed by atoms with van der Waals surface area (Å²) in [5, 5.41) is 4.70. The third-order valence-corrected chi connectivity index (χ3v) is 4.09. The maximum atomic E-state index is 3.33. The predicted octanol–water partition coefficient (Wildman–Crippen LogP) is 3.84. The molecule has 0 radical (unpaired) electrons. The number of nitrogens with one attached hydrogen (secondary N) is 1. The SMILES string of the molecule is CNC(C)Cc1cn(Cc2ccccc2)c2ccccc12. The van der Waals surface area contributed by atoms with Gasteiger partial charge in [0.05, 0.1) is 0 Å². The van der Waals surface area contributed by atoms with E-state index in [4.69, 9.17) is 0 Å². The molecular formula is C19H22N2. The van der Waals surface area contributed by atoms with Crippen LogP contribution in [0.5, 0.6) is 0 Å². The van der Waals surface area contributed by atoms with Crippen LogP contribution in [0.2, 0.25) is 0 Å². The molecule has 0 saturated carbocycles. The largest absolute Gasteiger partial charge is 0.343 e. The van der Waals surface area contributed by atoms with E-state index in [-0.39, 0.29) is 0 Å². The number of para-hydroxylation sites is 1. The van der Waals surface area contributed by atoms with Gasteiger partial charge in [0.1, 0.15) is 0 Å². The maximum absolute atomic E-state index is 3.33. The van der Waals surface area contributed by atoms with Crippen molar-refractivity contribution < 1.29 is 0 Å². The monoisotopic (exact) mass is 278 g/mol. The van der Waals surface area contributed by atoms with Crippen LogP contribution in [0.4, 0.5) is 0 Å². The lowest BCUT2D eigenvalue weighted by Gasteiger charge is -2.08. The second-order valence-corrected chi connectivity index (χ2v) is 5.68. The number of fused-ring (bicyclic) bond motifs is 1. The van der Waals surface area contributed by atoms with E-state index in [9.17, 15) is 0 Å². The summed E-state index contributed by atoms with van der Waals surface area (Å²) in [6.45, 7) is 3.15. The lowest BCUT2D eigenvalue weighted by molar-refractivity contribution is 0.609. The second-order valence-electron chi connectivity index (χ2n) is 5.68. The fourth-order valence-corrected chi connectivity index (χ4v) is 2.83. The highest BCUT2D eigenvalue weighted by molar-refractivity contribution is 5.84. The molecule has 1 aromatic heterocycles. The summed E-state index contributed by atoms with van der Waals surface area (Å²) < 4.78 is 2.36. The van der Waals surface area contributed by atoms with Crippen LogP contribution in [0.15, 0.2) is 60.8 Å². The van der Waals surface area contributed by atoms with Gasteiger partial charge in [0.15, 0.2) is 0 Å². The first-order valence-corrected chi connectivity index (χ1v) is 7.56. The molecule has 2 heteroatoms. The zero-order valence-electron chi connectivity index (χ0n) is 12.7. The summed E-state index contributed by atoms with van der Waals surface area (Å²) in [7, 11) is 2.02. The van der Waals surface area contributed by atoms with E-state index in [0.717, 1.165) is 13.0 Å². The number of likely N-dealkylation sites (N-methyl/N-ethyl adjacent to an activating group) is 1. The number of nitrogens with zero attached hydrogens (tertiary/aromatic N) is 1. The Bertz CT molecular complexity index is 713. The standard InChI is InChI=1S/C19H22N2/c1-15(20-2)12-17-14-21(13-16-8-4-3-5-9-16)19-11-7-6-10-18(17)19/h3-11,14-15,20H,12-13H2,1-2H3. The van der Waals surface area contributed by atoms with Crippen LogP contribution in [0, 0.1) is 0 Å². The summed E-state index contributed by atoms with van der Waals surface area (Å²) in [6, 6.07) is 19.8. The third-order valence-electron chi connectivity index (χ3n) is 4.09. The molecule has 0 saturated heterocycles. The van der Waals surface area contributed by atoms with Gasteiger partial charge in [-0.25, -0.2) is 0 Å². The third kappa shape index (κ3) is 3.01. The van der Waals surface area contributed by atoms with E-state index in [1.165, 1.54) is 22.0 Å². The van der Waals surface area contributed by atoms with Crippen molar-refractivity contribution in [2.45, 2.75) is 25.9 Å². The van der Waals surface area contributed by atoms with Gasteiger partial charge in [-0.3, -0.25) is 0 Å². The zero-order chi connectivity index (χ0) is 14.7. The Morgan fingerprint density at radius 2 is 1.71 bits per heavy atom. The molecule has 0 spiro atoms. The Morgan fingerprint density at radius 1 is 1.00 bits per heavy atom. The molecule has 3 rings (SSSR count). The summed E-state index contributed by atoms with van der Waals surface area (Å²) in [4.78, 5) is 0. The van der Waals surface area contributed by atoms with Crippen molar-refractivity contribution in [1.29, 1.82) is 0 Å². The lowest BCUT2D eigenvalue weighted by atomic mass is 10.1. The van der Waals surface area contributed by atoms with Crippen molar-refractivity contribution >= 4 is 10.9 Å². The van der Waals surface area contributed by atoms with E-state index < -0.39 is 0 Å². The highest BCUT2D eigenvalue weighted by Gasteiger charge is 2.10. The summed E-state index contributed by atoms with van der Waals surface area (Å²) in [6.07, 6.45) is 3.37. The lowest BCUT2D eigenvalue weighted by Crippen LogP contribution is -2.23. The fourth-order valence-electron chi connectivity index (χ4n) is 2.83. The number of benzene rings is 2. The highest BCUT2D eigenvalue weighted by Crippen LogP contribution is 2.23. The summed E-state index contributed by atoms with van der Waals surface area (Å²) >= 11 is 0. The minimum atomic E-state index is 0.487. The van der Waals surface area contributed by atoms with Gasteiger partial charge in [0.25, 0.3) is 0 Å². The van der Waals surface area contributed by atoms with Gasteiger partial charge in [-0.1, -0.05) is 48.5 Å². The first kappa shape index (κ1) is 13.9. The van der Waals surface area contributed by atoms with Crippen molar-refractivity contribution in [3.8, 4) is 0 Å². The van der Waals surface area contributed by atoms with Gasteiger partial charge in [-0.05, 0) is 37.6 Å². The summed E-state index contributed by atoms with van der Waals surface area (Å²) in [5.41, 5.74) is 4.08. The van der Waals surface area contributed by atoms with Gasteiger partial charge in [0, 0.05) is 29.7 Å². The van der Waals surface area contributed by atoms with Crippen molar-refractivity contribution in [3.63, 3.8) is 0 Å². The van der Waals surface area contributed by atoms with Gasteiger partial charge in [-0.2, -0.15) is 0 Å². The molecule has 1 unspecified atom stereocenters. The van der Waals surface area contributed by atoms with Crippen molar-refractivity contribution in [1.82, 2.24) is 9.88 Å². The van der Waals surface area contributed by atoms with Crippen molar-refractivity contribution in [3.05, 3.63) is 71.9 Å². The summed E-state index contributed by atoms with van der Waals surface area (Å²) in [5.74, 6) is 0. The molecule has 2 aromatic carbocycles. The molecule has 0 bridgehead atoms. The molecular weight excluding hydrogens is 256 g/mol. The van der Waals surface area contributed by atoms with E-state index in [1.807, 2.05) is 7.05 Å². The van der Waals surface area contributed by atoms with Crippen LogP contribution in [-0.2, 0) is 13.0 Å². The molecule has 0 amide bonds. The van der Waals surface area contributed by atoms with E-state index >= 15 is 0 Å². The van der Waals surface area contributed by atoms with Crippen LogP contribution >= 0.6 is 0 Å². The van der Waals surface area contributed by atoms with Crippen LogP contribution in [0.1, 0.15) is 18.1 Å². The zero-order valence-corrected chi connectivity index (χ0v) is 12.7. The van der Waals surface area contributed by atoms with Gasteiger partial charge in [-0.15, -0.1) is 0 Å². The first-order valence-electron chi connectivity index (χ1n) is 7.56. The van der Waals surface area contributed by atoms with E-state index in [0.29, 0.717) is 6.04 Å². The van der Waals surface area contributed by atoms with Crippen LogP contribution in [0.3, 0.4) is 0 Å². The molecule has 3 aromatic rings. The van der Waals surface area contributed by atoms with E-state index in [1.54, 1.807) is 0 Å². The molecule has 0 aliphatic heterocycles. The second kappa shape index (κ2) is 6.15. The molecule has 2 nitrogen and oxygen atoms in total. The Morgan fingerprint density at radius 3 is 2.48 bits per heavy atom. The minimum Gasteiger partial charge on any atom is -0.343 e. The molecule has 21 heavy (non-hydrogen) atoms. The number of aromatic nitrogens is 1. The molecule has 1 N–H and O–H groups in total. The average molecular weight is 278 g/mol. The highest BCUT2D eigenvalue weighted by atomic mass is 15.0. The molecule has 1 heterocycles. The Labute approximate surface area is 126 Å². The topological polar surface area (TPSA) is 17.0 Å². The smallest absolute Gasteiger partial charge is 0.0486 e. The normalized spacial score (nSPS) is 12.7. The quantitative estimate of drug-likeness (QED) is 0.750. The van der Waals surface area contributed by atoms with E-state index in [2.05, 4.69) is 77.6 Å². The fraction of sp³-hybridized carbons (Fsp3) is 0.263. The Balaban J connectivity index is 1.99. The minimum absolute atomic E-state index is 0.487. The Kier molecular flexibility index (Phi) is 4.07. The van der Waals surface area contributed by atoms with Crippen molar-refractivity contribution in [2.75, 3.05) is 7.05 Å².